The van der Waals surface area contributed by atoms with Crippen LogP contribution in [-0.2, 0) is 14.4 Å². The Hall–Kier alpha value is -2.23. The van der Waals surface area contributed by atoms with E-state index in [0.29, 0.717) is 26.4 Å². The molecule has 2 heterocycles. The third-order valence-corrected chi connectivity index (χ3v) is 6.32. The fraction of sp³-hybridized carbons (Fsp3) is 0.250. The van der Waals surface area contributed by atoms with E-state index in [2.05, 4.69) is 26.6 Å². The molecule has 2 saturated heterocycles. The van der Waals surface area contributed by atoms with Gasteiger partial charge in [0.25, 0.3) is 0 Å². The van der Waals surface area contributed by atoms with Crippen molar-refractivity contribution in [1.82, 2.24) is 16.0 Å². The Bertz CT molecular complexity index is 1080. The average Bonchev–Trinajstić information content (AvgIpc) is 2.69. The number of hydrogen-bond donors (Lipinski definition) is 5. The van der Waals surface area contributed by atoms with Crippen molar-refractivity contribution in [1.29, 1.82) is 0 Å². The zero-order valence-electron chi connectivity index (χ0n) is 16.2. The Morgan fingerprint density at radius 3 is 2.31 bits per heavy atom. The number of benzene rings is 2. The summed E-state index contributed by atoms with van der Waals surface area (Å²) >= 11 is 23.9. The summed E-state index contributed by atoms with van der Waals surface area (Å²) in [5.74, 6) is -2.94. The van der Waals surface area contributed by atoms with E-state index in [1.807, 2.05) is 0 Å². The van der Waals surface area contributed by atoms with E-state index in [4.69, 9.17) is 46.4 Å². The third kappa shape index (κ3) is 5.05. The lowest BCUT2D eigenvalue weighted by molar-refractivity contribution is -0.144. The molecule has 12 heteroatoms. The molecule has 168 valence electrons. The van der Waals surface area contributed by atoms with Crippen LogP contribution >= 0.6 is 46.4 Å². The van der Waals surface area contributed by atoms with Crippen LogP contribution in [0.3, 0.4) is 0 Å². The lowest BCUT2D eigenvalue weighted by Crippen LogP contribution is -2.72. The van der Waals surface area contributed by atoms with Gasteiger partial charge in [-0.1, -0.05) is 46.4 Å². The largest absolute Gasteiger partial charge is 0.353 e. The summed E-state index contributed by atoms with van der Waals surface area (Å²) in [4.78, 5) is 38.1. The molecule has 2 aromatic carbocycles. The van der Waals surface area contributed by atoms with Gasteiger partial charge >= 0.3 is 0 Å². The first-order chi connectivity index (χ1) is 15.2. The van der Waals surface area contributed by atoms with Gasteiger partial charge in [-0.15, -0.1) is 0 Å². The number of amides is 3. The quantitative estimate of drug-likeness (QED) is 0.427. The van der Waals surface area contributed by atoms with Crippen LogP contribution in [0.15, 0.2) is 36.4 Å². The Kier molecular flexibility index (Phi) is 6.69. The van der Waals surface area contributed by atoms with E-state index in [9.17, 15) is 14.4 Å². The summed E-state index contributed by atoms with van der Waals surface area (Å²) in [5.41, 5.74) is 0.975. The molecule has 8 nitrogen and oxygen atoms in total. The van der Waals surface area contributed by atoms with Crippen molar-refractivity contribution in [3.8, 4) is 0 Å². The number of carbonyl (C=O) groups is 3. The van der Waals surface area contributed by atoms with Crippen LogP contribution in [0.2, 0.25) is 20.1 Å². The van der Waals surface area contributed by atoms with Gasteiger partial charge in [0.15, 0.2) is 6.29 Å². The van der Waals surface area contributed by atoms with Gasteiger partial charge in [0.2, 0.25) is 17.7 Å². The summed E-state index contributed by atoms with van der Waals surface area (Å²) in [6.07, 6.45) is -1.62. The Balaban J connectivity index is 1.49. The molecule has 2 aliphatic heterocycles. The molecule has 0 radical (unpaired) electrons. The molecule has 0 aromatic heterocycles. The van der Waals surface area contributed by atoms with Gasteiger partial charge < -0.3 is 21.3 Å². The van der Waals surface area contributed by atoms with Crippen LogP contribution in [0.1, 0.15) is 6.42 Å². The number of anilines is 2. The highest BCUT2D eigenvalue weighted by molar-refractivity contribution is 6.42. The molecule has 2 aliphatic rings. The SMILES string of the molecule is O=C1CC(C(=O)Nc2ccc(Cl)c(Cl)c2)C2C(=O)NC(Nc3cc(Cl)cc(Cl)c3)NC2N1. The van der Waals surface area contributed by atoms with E-state index in [-0.39, 0.29) is 17.4 Å². The number of carbonyl (C=O) groups excluding carboxylic acids is 3. The fourth-order valence-electron chi connectivity index (χ4n) is 3.77. The second kappa shape index (κ2) is 9.33. The van der Waals surface area contributed by atoms with E-state index in [1.165, 1.54) is 6.07 Å². The smallest absolute Gasteiger partial charge is 0.229 e. The summed E-state index contributed by atoms with van der Waals surface area (Å²) in [6.45, 7) is 0. The van der Waals surface area contributed by atoms with Crippen LogP contribution in [0.4, 0.5) is 11.4 Å². The second-order valence-electron chi connectivity index (χ2n) is 7.41. The van der Waals surface area contributed by atoms with E-state index >= 15 is 0 Å². The number of fused-ring (bicyclic) bond motifs is 1. The zero-order chi connectivity index (χ0) is 23.0. The van der Waals surface area contributed by atoms with Crippen LogP contribution in [0.5, 0.6) is 0 Å². The molecule has 32 heavy (non-hydrogen) atoms. The zero-order valence-corrected chi connectivity index (χ0v) is 19.2. The molecule has 4 atom stereocenters. The Morgan fingerprint density at radius 1 is 0.906 bits per heavy atom. The van der Waals surface area contributed by atoms with E-state index < -0.39 is 36.1 Å². The minimum atomic E-state index is -0.891. The standard InChI is InChI=1S/C20H17Cl4N5O3/c21-8-3-9(22)5-11(4-8)26-20-28-17-16(19(32)29-20)12(7-15(30)27-17)18(31)25-10-1-2-13(23)14(24)6-10/h1-6,12,16-17,20,26,28H,7H2,(H,25,31)(H,27,30)(H,29,32). The molecule has 0 spiro atoms. The van der Waals surface area contributed by atoms with Crippen LogP contribution in [-0.4, -0.2) is 30.2 Å². The molecular weight excluding hydrogens is 500 g/mol. The predicted octanol–water partition coefficient (Wildman–Crippen LogP) is 3.43. The minimum absolute atomic E-state index is 0.134. The van der Waals surface area contributed by atoms with E-state index in [0.717, 1.165) is 0 Å². The highest BCUT2D eigenvalue weighted by Gasteiger charge is 2.48. The predicted molar refractivity (Wildman–Crippen MR) is 124 cm³/mol. The molecular formula is C20H17Cl4N5O3. The van der Waals surface area contributed by atoms with Crippen LogP contribution in [0.25, 0.3) is 0 Å². The van der Waals surface area contributed by atoms with Gasteiger partial charge in [0.05, 0.1) is 28.0 Å². The molecule has 2 fully saturated rings. The summed E-state index contributed by atoms with van der Waals surface area (Å²) in [7, 11) is 0. The topological polar surface area (TPSA) is 111 Å². The van der Waals surface area contributed by atoms with Crippen molar-refractivity contribution in [2.24, 2.45) is 11.8 Å². The number of halogens is 4. The van der Waals surface area contributed by atoms with Gasteiger partial charge in [0.1, 0.15) is 0 Å². The van der Waals surface area contributed by atoms with Crippen molar-refractivity contribution >= 4 is 75.5 Å². The van der Waals surface area contributed by atoms with Crippen molar-refractivity contribution in [3.05, 3.63) is 56.5 Å². The maximum atomic E-state index is 12.9. The highest BCUT2D eigenvalue weighted by atomic mass is 35.5. The molecule has 4 unspecified atom stereocenters. The van der Waals surface area contributed by atoms with Gasteiger partial charge in [-0.05, 0) is 36.4 Å². The highest BCUT2D eigenvalue weighted by Crippen LogP contribution is 2.30. The Morgan fingerprint density at radius 2 is 1.62 bits per heavy atom. The first-order valence-corrected chi connectivity index (χ1v) is 11.0. The second-order valence-corrected chi connectivity index (χ2v) is 9.10. The van der Waals surface area contributed by atoms with Gasteiger partial charge in [0, 0.05) is 27.8 Å². The van der Waals surface area contributed by atoms with Crippen molar-refractivity contribution in [2.75, 3.05) is 10.6 Å². The van der Waals surface area contributed by atoms with Crippen molar-refractivity contribution in [2.45, 2.75) is 18.9 Å². The summed E-state index contributed by atoms with van der Waals surface area (Å²) in [6, 6.07) is 9.48. The van der Waals surface area contributed by atoms with Crippen molar-refractivity contribution < 1.29 is 14.4 Å². The number of piperidine rings is 1. The normalized spacial score (nSPS) is 24.8. The maximum Gasteiger partial charge on any atom is 0.229 e. The molecule has 0 aliphatic carbocycles. The van der Waals surface area contributed by atoms with Crippen LogP contribution < -0.4 is 26.6 Å². The first-order valence-electron chi connectivity index (χ1n) is 9.54. The average molecular weight is 517 g/mol. The van der Waals surface area contributed by atoms with Crippen LogP contribution in [0, 0.1) is 11.8 Å². The number of rotatable bonds is 4. The number of hydrogen-bond acceptors (Lipinski definition) is 5. The molecule has 5 N–H and O–H groups in total. The number of nitrogens with one attached hydrogen (secondary N) is 5. The van der Waals surface area contributed by atoms with Gasteiger partial charge in [-0.3, -0.25) is 19.7 Å². The van der Waals surface area contributed by atoms with E-state index in [1.54, 1.807) is 30.3 Å². The van der Waals surface area contributed by atoms with Crippen molar-refractivity contribution in [3.63, 3.8) is 0 Å². The fourth-order valence-corrected chi connectivity index (χ4v) is 4.59. The minimum Gasteiger partial charge on any atom is -0.353 e. The third-order valence-electron chi connectivity index (χ3n) is 5.15. The Labute approximate surface area is 203 Å². The first kappa shape index (κ1) is 22.9. The lowest BCUT2D eigenvalue weighted by Gasteiger charge is -2.43. The molecule has 3 amide bonds. The van der Waals surface area contributed by atoms with Gasteiger partial charge in [-0.25, -0.2) is 0 Å². The molecule has 2 aromatic rings. The maximum absolute atomic E-state index is 12.9. The lowest BCUT2D eigenvalue weighted by atomic mass is 9.81. The van der Waals surface area contributed by atoms with Gasteiger partial charge in [-0.2, -0.15) is 0 Å². The summed E-state index contributed by atoms with van der Waals surface area (Å²) in [5, 5.41) is 15.8. The molecule has 0 saturated carbocycles. The molecule has 4 rings (SSSR count). The molecule has 0 bridgehead atoms. The summed E-state index contributed by atoms with van der Waals surface area (Å²) < 4.78 is 0. The monoisotopic (exact) mass is 515 g/mol.